The van der Waals surface area contributed by atoms with Crippen molar-refractivity contribution >= 4 is 5.91 Å². The first-order valence-electron chi connectivity index (χ1n) is 8.28. The second kappa shape index (κ2) is 7.45. The van der Waals surface area contributed by atoms with Crippen molar-refractivity contribution in [2.75, 3.05) is 0 Å². The number of rotatable bonds is 6. The highest BCUT2D eigenvalue weighted by atomic mass is 19.4. The van der Waals surface area contributed by atoms with Crippen LogP contribution in [0.3, 0.4) is 0 Å². The Morgan fingerprint density at radius 3 is 2.19 bits per heavy atom. The molecular weight excluding hydrogens is 348 g/mol. The molecule has 1 aliphatic rings. The topological polar surface area (TPSA) is 41.1 Å². The van der Waals surface area contributed by atoms with Crippen LogP contribution in [-0.4, -0.2) is 11.9 Å². The predicted molar refractivity (Wildman–Crippen MR) is 88.6 cm³/mol. The van der Waals surface area contributed by atoms with E-state index >= 15 is 0 Å². The van der Waals surface area contributed by atoms with Gasteiger partial charge >= 0.3 is 6.18 Å². The van der Waals surface area contributed by atoms with Gasteiger partial charge < -0.3 is 5.32 Å². The molecule has 2 aromatic rings. The number of alkyl halides is 3. The van der Waals surface area contributed by atoms with Crippen molar-refractivity contribution in [3.05, 3.63) is 71.0 Å². The Bertz CT molecular complexity index is 753. The van der Waals surface area contributed by atoms with Crippen LogP contribution in [-0.2, 0) is 17.5 Å². The average molecular weight is 366 g/mol. The number of carbonyl (C=O) groups excluding carboxylic acids is 1. The summed E-state index contributed by atoms with van der Waals surface area (Å²) in [4.78, 5) is 12.5. The van der Waals surface area contributed by atoms with Crippen LogP contribution in [0.2, 0.25) is 0 Å². The van der Waals surface area contributed by atoms with Crippen LogP contribution in [0.4, 0.5) is 17.6 Å². The molecule has 0 aliphatic heterocycles. The number of hydrogen-bond donors (Lipinski definition) is 2. The quantitative estimate of drug-likeness (QED) is 0.760. The van der Waals surface area contributed by atoms with Gasteiger partial charge in [0.05, 0.1) is 5.56 Å². The van der Waals surface area contributed by atoms with E-state index in [4.69, 9.17) is 0 Å². The molecule has 1 amide bonds. The lowest BCUT2D eigenvalue weighted by Crippen LogP contribution is -2.38. The number of hydrogen-bond acceptors (Lipinski definition) is 2. The number of carbonyl (C=O) groups is 1. The average Bonchev–Trinajstić information content (AvgIpc) is 3.40. The summed E-state index contributed by atoms with van der Waals surface area (Å²) >= 11 is 0. The SMILES string of the molecule is O=C(NC1CC1)[C@H](NCc1ccc(C(F)(F)F)cc1)c1ccc(F)cc1. The Labute approximate surface area is 148 Å². The lowest BCUT2D eigenvalue weighted by molar-refractivity contribution is -0.137. The molecule has 7 heteroatoms. The van der Waals surface area contributed by atoms with E-state index in [9.17, 15) is 22.4 Å². The molecule has 1 fully saturated rings. The molecule has 138 valence electrons. The van der Waals surface area contributed by atoms with Crippen molar-refractivity contribution in [3.8, 4) is 0 Å². The van der Waals surface area contributed by atoms with Crippen LogP contribution < -0.4 is 10.6 Å². The maximum atomic E-state index is 13.1. The van der Waals surface area contributed by atoms with Gasteiger partial charge in [-0.15, -0.1) is 0 Å². The summed E-state index contributed by atoms with van der Waals surface area (Å²) < 4.78 is 51.0. The van der Waals surface area contributed by atoms with Crippen molar-refractivity contribution in [2.45, 2.75) is 37.6 Å². The number of halogens is 4. The van der Waals surface area contributed by atoms with Gasteiger partial charge in [0.25, 0.3) is 0 Å². The fourth-order valence-electron chi connectivity index (χ4n) is 2.56. The standard InChI is InChI=1S/C19H18F4N2O/c20-15-7-3-13(4-8-15)17(18(26)25-16-9-10-16)24-11-12-1-5-14(6-2-12)19(21,22)23/h1-8,16-17,24H,9-11H2,(H,25,26)/t17-/m1/s1. The Kier molecular flexibility index (Phi) is 5.27. The molecule has 0 spiro atoms. The Morgan fingerprint density at radius 2 is 1.65 bits per heavy atom. The highest BCUT2D eigenvalue weighted by Crippen LogP contribution is 2.29. The molecule has 1 atom stereocenters. The summed E-state index contributed by atoms with van der Waals surface area (Å²) in [7, 11) is 0. The molecule has 0 heterocycles. The predicted octanol–water partition coefficient (Wildman–Crippen LogP) is 3.95. The molecule has 2 N–H and O–H groups in total. The van der Waals surface area contributed by atoms with Crippen LogP contribution in [0.5, 0.6) is 0 Å². The monoisotopic (exact) mass is 366 g/mol. The molecule has 1 aliphatic carbocycles. The van der Waals surface area contributed by atoms with E-state index in [1.807, 2.05) is 0 Å². The van der Waals surface area contributed by atoms with Crippen LogP contribution in [0.1, 0.15) is 35.6 Å². The van der Waals surface area contributed by atoms with Gasteiger partial charge in [0.15, 0.2) is 0 Å². The molecule has 0 saturated heterocycles. The van der Waals surface area contributed by atoms with E-state index in [1.54, 1.807) is 0 Å². The molecule has 0 radical (unpaired) electrons. The Balaban J connectivity index is 1.70. The summed E-state index contributed by atoms with van der Waals surface area (Å²) in [6, 6.07) is 9.80. The zero-order valence-electron chi connectivity index (χ0n) is 13.8. The maximum absolute atomic E-state index is 13.1. The third-order valence-corrected chi connectivity index (χ3v) is 4.18. The van der Waals surface area contributed by atoms with Gasteiger partial charge in [-0.05, 0) is 48.2 Å². The minimum absolute atomic E-state index is 0.165. The fraction of sp³-hybridized carbons (Fsp3) is 0.316. The molecule has 3 rings (SSSR count). The minimum atomic E-state index is -4.38. The molecule has 3 nitrogen and oxygen atoms in total. The number of benzene rings is 2. The van der Waals surface area contributed by atoms with Crippen molar-refractivity contribution in [1.29, 1.82) is 0 Å². The van der Waals surface area contributed by atoms with Crippen LogP contribution in [0, 0.1) is 5.82 Å². The van der Waals surface area contributed by atoms with Crippen LogP contribution in [0.25, 0.3) is 0 Å². The second-order valence-electron chi connectivity index (χ2n) is 6.34. The molecule has 0 unspecified atom stereocenters. The normalized spacial score (nSPS) is 15.5. The van der Waals surface area contributed by atoms with Gasteiger partial charge in [-0.25, -0.2) is 4.39 Å². The van der Waals surface area contributed by atoms with Crippen molar-refractivity contribution < 1.29 is 22.4 Å². The molecule has 0 aromatic heterocycles. The zero-order chi connectivity index (χ0) is 18.7. The fourth-order valence-corrected chi connectivity index (χ4v) is 2.56. The lowest BCUT2D eigenvalue weighted by atomic mass is 10.0. The minimum Gasteiger partial charge on any atom is -0.352 e. The van der Waals surface area contributed by atoms with Crippen LogP contribution >= 0.6 is 0 Å². The van der Waals surface area contributed by atoms with E-state index in [0.29, 0.717) is 11.1 Å². The van der Waals surface area contributed by atoms with Crippen LogP contribution in [0.15, 0.2) is 48.5 Å². The highest BCUT2D eigenvalue weighted by molar-refractivity contribution is 5.83. The first kappa shape index (κ1) is 18.4. The Morgan fingerprint density at radius 1 is 1.04 bits per heavy atom. The molecular formula is C19H18F4N2O. The third-order valence-electron chi connectivity index (χ3n) is 4.18. The number of nitrogens with one attached hydrogen (secondary N) is 2. The van der Waals surface area contributed by atoms with Gasteiger partial charge in [-0.1, -0.05) is 24.3 Å². The van der Waals surface area contributed by atoms with Gasteiger partial charge in [-0.3, -0.25) is 10.1 Å². The molecule has 26 heavy (non-hydrogen) atoms. The maximum Gasteiger partial charge on any atom is 0.416 e. The summed E-state index contributed by atoms with van der Waals surface area (Å²) in [6.45, 7) is 0.207. The molecule has 0 bridgehead atoms. The third kappa shape index (κ3) is 4.82. The first-order valence-corrected chi connectivity index (χ1v) is 8.28. The van der Waals surface area contributed by atoms with Gasteiger partial charge in [0, 0.05) is 12.6 Å². The summed E-state index contributed by atoms with van der Waals surface area (Å²) in [6.07, 6.45) is -2.52. The first-order chi connectivity index (χ1) is 12.3. The molecule has 2 aromatic carbocycles. The molecule has 1 saturated carbocycles. The van der Waals surface area contributed by atoms with Gasteiger partial charge in [0.1, 0.15) is 11.9 Å². The van der Waals surface area contributed by atoms with E-state index in [-0.39, 0.29) is 18.5 Å². The largest absolute Gasteiger partial charge is 0.416 e. The van der Waals surface area contributed by atoms with E-state index < -0.39 is 23.6 Å². The second-order valence-corrected chi connectivity index (χ2v) is 6.34. The lowest BCUT2D eigenvalue weighted by Gasteiger charge is -2.19. The van der Waals surface area contributed by atoms with Gasteiger partial charge in [-0.2, -0.15) is 13.2 Å². The van der Waals surface area contributed by atoms with Crippen molar-refractivity contribution in [3.63, 3.8) is 0 Å². The van der Waals surface area contributed by atoms with Gasteiger partial charge in [0.2, 0.25) is 5.91 Å². The zero-order valence-corrected chi connectivity index (χ0v) is 13.8. The van der Waals surface area contributed by atoms with E-state index in [2.05, 4.69) is 10.6 Å². The smallest absolute Gasteiger partial charge is 0.352 e. The van der Waals surface area contributed by atoms with E-state index in [0.717, 1.165) is 25.0 Å². The van der Waals surface area contributed by atoms with E-state index in [1.165, 1.54) is 36.4 Å². The van der Waals surface area contributed by atoms with Crippen molar-refractivity contribution in [1.82, 2.24) is 10.6 Å². The highest BCUT2D eigenvalue weighted by Gasteiger charge is 2.30. The van der Waals surface area contributed by atoms with Crippen molar-refractivity contribution in [2.24, 2.45) is 0 Å². The summed E-state index contributed by atoms with van der Waals surface area (Å²) in [5, 5.41) is 5.94. The summed E-state index contributed by atoms with van der Waals surface area (Å²) in [5.41, 5.74) is 0.489. The number of amides is 1. The Hall–Kier alpha value is -2.41. The summed E-state index contributed by atoms with van der Waals surface area (Å²) in [5.74, 6) is -0.635.